The summed E-state index contributed by atoms with van der Waals surface area (Å²) in [5.74, 6) is 1.69. The van der Waals surface area contributed by atoms with Crippen molar-refractivity contribution < 1.29 is 9.47 Å². The van der Waals surface area contributed by atoms with Crippen molar-refractivity contribution >= 4 is 37.5 Å². The molecule has 0 aliphatic heterocycles. The number of pyridine rings is 1. The summed E-state index contributed by atoms with van der Waals surface area (Å²) in [7, 11) is 1.62. The quantitative estimate of drug-likeness (QED) is 0.423. The third-order valence-corrected chi connectivity index (χ3v) is 5.01. The van der Waals surface area contributed by atoms with E-state index in [0.29, 0.717) is 24.1 Å². The summed E-state index contributed by atoms with van der Waals surface area (Å²) in [4.78, 5) is 14.2. The van der Waals surface area contributed by atoms with Gasteiger partial charge in [0.2, 0.25) is 5.88 Å². The van der Waals surface area contributed by atoms with Crippen LogP contribution in [-0.2, 0) is 11.3 Å². The van der Waals surface area contributed by atoms with Crippen molar-refractivity contribution in [3.05, 3.63) is 64.5 Å². The van der Waals surface area contributed by atoms with Crippen LogP contribution in [0.1, 0.15) is 5.82 Å². The molecule has 1 aromatic carbocycles. The zero-order chi connectivity index (χ0) is 17.9. The Hall–Kier alpha value is -2.35. The maximum Gasteiger partial charge on any atom is 0.232 e. The Labute approximate surface area is 162 Å². The molecule has 3 heterocycles. The Kier molecular flexibility index (Phi) is 4.92. The fourth-order valence-electron chi connectivity index (χ4n) is 2.61. The van der Waals surface area contributed by atoms with Gasteiger partial charge in [0.25, 0.3) is 0 Å². The van der Waals surface area contributed by atoms with E-state index in [0.717, 1.165) is 25.8 Å². The fraction of sp³-hybridized carbons (Fsp3) is 0.105. The highest BCUT2D eigenvalue weighted by atomic mass is 79.9. The maximum absolute atomic E-state index is 6.09. The van der Waals surface area contributed by atoms with Crippen LogP contribution in [-0.4, -0.2) is 22.1 Å². The van der Waals surface area contributed by atoms with Crippen molar-refractivity contribution in [2.45, 2.75) is 6.61 Å². The average Bonchev–Trinajstić information content (AvgIpc) is 3.07. The standard InChI is InChI=1S/C19H14BrN3O2S/c1-24-10-16-22-18(25-14-7-13(20)8-21-9-14)17-15(11-26-19(17)23-16)12-5-3-2-4-6-12/h2-9,11H,10H2,1H3. The summed E-state index contributed by atoms with van der Waals surface area (Å²) in [6.07, 6.45) is 3.36. The number of rotatable bonds is 5. The zero-order valence-electron chi connectivity index (χ0n) is 13.8. The summed E-state index contributed by atoms with van der Waals surface area (Å²) < 4.78 is 12.1. The number of hydrogen-bond acceptors (Lipinski definition) is 6. The highest BCUT2D eigenvalue weighted by molar-refractivity contribution is 9.10. The summed E-state index contributed by atoms with van der Waals surface area (Å²) in [6.45, 7) is 0.321. The van der Waals surface area contributed by atoms with Crippen LogP contribution < -0.4 is 4.74 Å². The smallest absolute Gasteiger partial charge is 0.232 e. The first-order chi connectivity index (χ1) is 12.7. The van der Waals surface area contributed by atoms with Gasteiger partial charge in [0.05, 0.1) is 11.6 Å². The van der Waals surface area contributed by atoms with Crippen LogP contribution in [0.3, 0.4) is 0 Å². The largest absolute Gasteiger partial charge is 0.437 e. The molecule has 0 N–H and O–H groups in total. The van der Waals surface area contributed by atoms with Crippen LogP contribution in [0, 0.1) is 0 Å². The van der Waals surface area contributed by atoms with Gasteiger partial charge in [-0.15, -0.1) is 11.3 Å². The number of hydrogen-bond donors (Lipinski definition) is 0. The van der Waals surface area contributed by atoms with Crippen LogP contribution in [0.25, 0.3) is 21.3 Å². The van der Waals surface area contributed by atoms with Gasteiger partial charge in [-0.1, -0.05) is 30.3 Å². The summed E-state index contributed by atoms with van der Waals surface area (Å²) in [5.41, 5.74) is 2.14. The summed E-state index contributed by atoms with van der Waals surface area (Å²) in [6, 6.07) is 12.0. The third-order valence-electron chi connectivity index (χ3n) is 3.70. The van der Waals surface area contributed by atoms with Gasteiger partial charge in [0.15, 0.2) is 5.82 Å². The number of thiophene rings is 1. The Morgan fingerprint density at radius 2 is 1.96 bits per heavy atom. The van der Waals surface area contributed by atoms with E-state index in [1.165, 1.54) is 0 Å². The van der Waals surface area contributed by atoms with E-state index in [1.54, 1.807) is 30.8 Å². The van der Waals surface area contributed by atoms with E-state index in [9.17, 15) is 0 Å². The predicted octanol–water partition coefficient (Wildman–Crippen LogP) is 5.45. The monoisotopic (exact) mass is 427 g/mol. The molecule has 0 spiro atoms. The molecule has 7 heteroatoms. The number of benzene rings is 1. The van der Waals surface area contributed by atoms with Gasteiger partial charge in [-0.05, 0) is 27.6 Å². The highest BCUT2D eigenvalue weighted by Gasteiger charge is 2.17. The molecule has 0 atom stereocenters. The molecule has 0 saturated carbocycles. The first-order valence-electron chi connectivity index (χ1n) is 7.85. The SMILES string of the molecule is COCc1nc(Oc2cncc(Br)c2)c2c(-c3ccccc3)csc2n1. The van der Waals surface area contributed by atoms with Crippen molar-refractivity contribution in [3.63, 3.8) is 0 Å². The van der Waals surface area contributed by atoms with Gasteiger partial charge in [-0.3, -0.25) is 4.98 Å². The van der Waals surface area contributed by atoms with Crippen LogP contribution in [0.15, 0.2) is 58.6 Å². The number of nitrogens with zero attached hydrogens (tertiary/aromatic N) is 3. The second-order valence-electron chi connectivity index (χ2n) is 5.51. The van der Waals surface area contributed by atoms with Crippen molar-refractivity contribution in [1.82, 2.24) is 15.0 Å². The molecule has 3 aromatic heterocycles. The number of methoxy groups -OCH3 is 1. The molecule has 4 rings (SSSR count). The molecule has 0 bridgehead atoms. The Morgan fingerprint density at radius 3 is 2.73 bits per heavy atom. The molecule has 0 saturated heterocycles. The van der Waals surface area contributed by atoms with E-state index >= 15 is 0 Å². The lowest BCUT2D eigenvalue weighted by Crippen LogP contribution is -2.00. The van der Waals surface area contributed by atoms with E-state index in [-0.39, 0.29) is 0 Å². The molecule has 0 fully saturated rings. The van der Waals surface area contributed by atoms with Gasteiger partial charge >= 0.3 is 0 Å². The zero-order valence-corrected chi connectivity index (χ0v) is 16.3. The molecule has 26 heavy (non-hydrogen) atoms. The normalized spacial score (nSPS) is 11.0. The van der Waals surface area contributed by atoms with Gasteiger partial charge in [-0.25, -0.2) is 4.98 Å². The maximum atomic E-state index is 6.09. The second kappa shape index (κ2) is 7.49. The molecule has 0 aliphatic carbocycles. The molecule has 0 radical (unpaired) electrons. The van der Waals surface area contributed by atoms with Gasteiger partial charge in [0, 0.05) is 28.7 Å². The molecule has 0 aliphatic rings. The molecule has 5 nitrogen and oxygen atoms in total. The number of ether oxygens (including phenoxy) is 2. The molecular formula is C19H14BrN3O2S. The highest BCUT2D eigenvalue weighted by Crippen LogP contribution is 2.39. The minimum absolute atomic E-state index is 0.321. The van der Waals surface area contributed by atoms with Gasteiger partial charge in [-0.2, -0.15) is 4.98 Å². The first kappa shape index (κ1) is 17.1. The molecule has 0 amide bonds. The lowest BCUT2D eigenvalue weighted by molar-refractivity contribution is 0.177. The van der Waals surface area contributed by atoms with Crippen molar-refractivity contribution in [1.29, 1.82) is 0 Å². The summed E-state index contributed by atoms with van der Waals surface area (Å²) in [5, 5.41) is 2.97. The number of fused-ring (bicyclic) bond motifs is 1. The van der Waals surface area contributed by atoms with Crippen molar-refractivity contribution in [2.24, 2.45) is 0 Å². The van der Waals surface area contributed by atoms with Crippen LogP contribution in [0.5, 0.6) is 11.6 Å². The summed E-state index contributed by atoms with van der Waals surface area (Å²) >= 11 is 4.98. The predicted molar refractivity (Wildman–Crippen MR) is 106 cm³/mol. The molecule has 0 unspecified atom stereocenters. The first-order valence-corrected chi connectivity index (χ1v) is 9.53. The van der Waals surface area contributed by atoms with Crippen LogP contribution in [0.4, 0.5) is 0 Å². The van der Waals surface area contributed by atoms with Gasteiger partial charge < -0.3 is 9.47 Å². The minimum Gasteiger partial charge on any atom is -0.437 e. The second-order valence-corrected chi connectivity index (χ2v) is 7.29. The van der Waals surface area contributed by atoms with E-state index in [1.807, 2.05) is 24.3 Å². The lowest BCUT2D eigenvalue weighted by atomic mass is 10.1. The number of aromatic nitrogens is 3. The van der Waals surface area contributed by atoms with Crippen LogP contribution >= 0.6 is 27.3 Å². The average molecular weight is 428 g/mol. The van der Waals surface area contributed by atoms with E-state index < -0.39 is 0 Å². The van der Waals surface area contributed by atoms with Crippen molar-refractivity contribution in [2.75, 3.05) is 7.11 Å². The molecular weight excluding hydrogens is 414 g/mol. The topological polar surface area (TPSA) is 57.1 Å². The fourth-order valence-corrected chi connectivity index (χ4v) is 3.91. The van der Waals surface area contributed by atoms with Crippen molar-refractivity contribution in [3.8, 4) is 22.8 Å². The van der Waals surface area contributed by atoms with Crippen LogP contribution in [0.2, 0.25) is 0 Å². The Morgan fingerprint density at radius 1 is 1.12 bits per heavy atom. The minimum atomic E-state index is 0.321. The lowest BCUT2D eigenvalue weighted by Gasteiger charge is -2.09. The van der Waals surface area contributed by atoms with Gasteiger partial charge in [0.1, 0.15) is 17.2 Å². The molecule has 4 aromatic rings. The van der Waals surface area contributed by atoms with E-state index in [2.05, 4.69) is 48.4 Å². The Bertz CT molecular complexity index is 1050. The number of halogens is 1. The Balaban J connectivity index is 1.88. The third kappa shape index (κ3) is 3.46. The molecule has 130 valence electrons. The van der Waals surface area contributed by atoms with E-state index in [4.69, 9.17) is 9.47 Å².